The lowest BCUT2D eigenvalue weighted by atomic mass is 9.97. The van der Waals surface area contributed by atoms with Crippen LogP contribution in [0.4, 0.5) is 11.7 Å². The Morgan fingerprint density at radius 1 is 1.18 bits per heavy atom. The Balaban J connectivity index is 1.35. The van der Waals surface area contributed by atoms with E-state index in [1.165, 1.54) is 0 Å². The van der Waals surface area contributed by atoms with E-state index < -0.39 is 0 Å². The largest absolute Gasteiger partial charge is 0.371 e. The maximum absolute atomic E-state index is 11.5. The van der Waals surface area contributed by atoms with Gasteiger partial charge in [0.15, 0.2) is 0 Å². The molecule has 2 aromatic carbocycles. The van der Waals surface area contributed by atoms with Crippen molar-refractivity contribution in [1.29, 1.82) is 0 Å². The Morgan fingerprint density at radius 3 is 2.71 bits per heavy atom. The number of nitrogens with one attached hydrogen (secondary N) is 1. The van der Waals surface area contributed by atoms with Gasteiger partial charge in [-0.1, -0.05) is 47.6 Å². The summed E-state index contributed by atoms with van der Waals surface area (Å²) in [7, 11) is 0. The number of piperidine rings is 1. The van der Waals surface area contributed by atoms with Gasteiger partial charge in [-0.25, -0.2) is 0 Å². The molecule has 0 saturated carbocycles. The van der Waals surface area contributed by atoms with Crippen molar-refractivity contribution in [3.63, 3.8) is 0 Å². The van der Waals surface area contributed by atoms with Crippen molar-refractivity contribution in [2.24, 2.45) is 11.7 Å². The average molecular weight is 377 g/mol. The van der Waals surface area contributed by atoms with Crippen molar-refractivity contribution in [2.75, 3.05) is 23.3 Å². The lowest BCUT2D eigenvalue weighted by Crippen LogP contribution is -2.41. The van der Waals surface area contributed by atoms with E-state index in [4.69, 9.17) is 10.3 Å². The summed E-state index contributed by atoms with van der Waals surface area (Å²) in [6.07, 6.45) is 1.86. The highest BCUT2D eigenvalue weighted by Crippen LogP contribution is 2.24. The molecular weight excluding hydrogens is 354 g/mol. The molecule has 3 N–H and O–H groups in total. The second-order valence-electron chi connectivity index (χ2n) is 7.00. The Bertz CT molecular complexity index is 923. The SMILES string of the molecule is NC(=O)[C@H]1CCCN(c2ccc(CNc3nc(-c4ccccc4)no3)cc2)C1. The fraction of sp³-hybridized carbons (Fsp3) is 0.286. The van der Waals surface area contributed by atoms with Gasteiger partial charge >= 0.3 is 6.01 Å². The zero-order valence-corrected chi connectivity index (χ0v) is 15.5. The van der Waals surface area contributed by atoms with Gasteiger partial charge in [-0.2, -0.15) is 4.98 Å². The minimum Gasteiger partial charge on any atom is -0.371 e. The molecule has 28 heavy (non-hydrogen) atoms. The molecule has 1 atom stereocenters. The molecule has 7 nitrogen and oxygen atoms in total. The van der Waals surface area contributed by atoms with Gasteiger partial charge < -0.3 is 20.5 Å². The van der Waals surface area contributed by atoms with Crippen LogP contribution in [0, 0.1) is 5.92 Å². The summed E-state index contributed by atoms with van der Waals surface area (Å²) in [4.78, 5) is 18.1. The number of anilines is 2. The van der Waals surface area contributed by atoms with Gasteiger partial charge in [0.1, 0.15) is 0 Å². The first-order valence-electron chi connectivity index (χ1n) is 9.45. The smallest absolute Gasteiger partial charge is 0.322 e. The third-order valence-electron chi connectivity index (χ3n) is 5.03. The van der Waals surface area contributed by atoms with Crippen LogP contribution in [0.5, 0.6) is 0 Å². The number of rotatable bonds is 6. The van der Waals surface area contributed by atoms with Crippen molar-refractivity contribution in [1.82, 2.24) is 10.1 Å². The number of hydrogen-bond acceptors (Lipinski definition) is 6. The second-order valence-corrected chi connectivity index (χ2v) is 7.00. The highest BCUT2D eigenvalue weighted by molar-refractivity contribution is 5.77. The summed E-state index contributed by atoms with van der Waals surface area (Å²) in [5.74, 6) is 0.291. The zero-order valence-electron chi connectivity index (χ0n) is 15.5. The number of amides is 1. The van der Waals surface area contributed by atoms with Crippen LogP contribution in [0.25, 0.3) is 11.4 Å². The summed E-state index contributed by atoms with van der Waals surface area (Å²) in [6, 6.07) is 18.4. The van der Waals surface area contributed by atoms with Gasteiger partial charge in [0.2, 0.25) is 11.7 Å². The van der Waals surface area contributed by atoms with E-state index in [0.717, 1.165) is 36.2 Å². The number of aromatic nitrogens is 2. The van der Waals surface area contributed by atoms with Crippen LogP contribution < -0.4 is 16.0 Å². The topological polar surface area (TPSA) is 97.3 Å². The van der Waals surface area contributed by atoms with Crippen LogP contribution in [0.15, 0.2) is 59.1 Å². The van der Waals surface area contributed by atoms with Gasteiger partial charge in [0.25, 0.3) is 0 Å². The molecule has 0 aliphatic carbocycles. The molecule has 1 aliphatic heterocycles. The minimum absolute atomic E-state index is 0.0635. The molecule has 7 heteroatoms. The molecule has 0 radical (unpaired) electrons. The predicted molar refractivity (Wildman–Crippen MR) is 108 cm³/mol. The van der Waals surface area contributed by atoms with Crippen molar-refractivity contribution >= 4 is 17.6 Å². The number of benzene rings is 2. The van der Waals surface area contributed by atoms with Gasteiger partial charge in [-0.3, -0.25) is 4.79 Å². The molecule has 144 valence electrons. The monoisotopic (exact) mass is 377 g/mol. The Morgan fingerprint density at radius 2 is 1.96 bits per heavy atom. The van der Waals surface area contributed by atoms with E-state index in [0.29, 0.717) is 24.9 Å². The second kappa shape index (κ2) is 8.12. The van der Waals surface area contributed by atoms with Crippen molar-refractivity contribution < 1.29 is 9.32 Å². The van der Waals surface area contributed by atoms with Gasteiger partial charge in [-0.15, -0.1) is 0 Å². The van der Waals surface area contributed by atoms with E-state index in [1.807, 2.05) is 30.3 Å². The molecule has 4 rings (SSSR count). The third-order valence-corrected chi connectivity index (χ3v) is 5.03. The molecule has 1 fully saturated rings. The summed E-state index contributed by atoms with van der Waals surface area (Å²) in [6.45, 7) is 2.23. The number of primary amides is 1. The van der Waals surface area contributed by atoms with Gasteiger partial charge in [0, 0.05) is 30.9 Å². The normalized spacial score (nSPS) is 16.7. The van der Waals surface area contributed by atoms with Gasteiger partial charge in [0.05, 0.1) is 5.92 Å². The van der Waals surface area contributed by atoms with E-state index in [1.54, 1.807) is 0 Å². The maximum atomic E-state index is 11.5. The van der Waals surface area contributed by atoms with E-state index in [2.05, 4.69) is 44.6 Å². The van der Waals surface area contributed by atoms with Crippen LogP contribution in [0.3, 0.4) is 0 Å². The van der Waals surface area contributed by atoms with Crippen molar-refractivity contribution in [3.05, 3.63) is 60.2 Å². The number of carbonyl (C=O) groups is 1. The molecule has 2 heterocycles. The quantitative estimate of drug-likeness (QED) is 0.685. The molecule has 1 amide bonds. The molecule has 1 aliphatic rings. The van der Waals surface area contributed by atoms with E-state index in [9.17, 15) is 4.79 Å². The van der Waals surface area contributed by atoms with Crippen molar-refractivity contribution in [2.45, 2.75) is 19.4 Å². The fourth-order valence-electron chi connectivity index (χ4n) is 3.45. The van der Waals surface area contributed by atoms with Crippen LogP contribution in [0.1, 0.15) is 18.4 Å². The lowest BCUT2D eigenvalue weighted by molar-refractivity contribution is -0.122. The molecule has 1 saturated heterocycles. The van der Waals surface area contributed by atoms with Crippen molar-refractivity contribution in [3.8, 4) is 11.4 Å². The van der Waals surface area contributed by atoms with Crippen LogP contribution in [-0.2, 0) is 11.3 Å². The Kier molecular flexibility index (Phi) is 5.23. The summed E-state index contributed by atoms with van der Waals surface area (Å²) in [5.41, 5.74) is 8.60. The average Bonchev–Trinajstić information content (AvgIpc) is 3.22. The molecular formula is C21H23N5O2. The van der Waals surface area contributed by atoms with Crippen LogP contribution in [-0.4, -0.2) is 29.1 Å². The summed E-state index contributed by atoms with van der Waals surface area (Å²) in [5, 5.41) is 7.16. The fourth-order valence-corrected chi connectivity index (χ4v) is 3.45. The molecule has 3 aromatic rings. The first-order chi connectivity index (χ1) is 13.7. The third kappa shape index (κ3) is 4.14. The Hall–Kier alpha value is -3.35. The first kappa shape index (κ1) is 18.0. The maximum Gasteiger partial charge on any atom is 0.322 e. The van der Waals surface area contributed by atoms with Gasteiger partial charge in [-0.05, 0) is 30.5 Å². The predicted octanol–water partition coefficient (Wildman–Crippen LogP) is 3.05. The Labute approximate surface area is 163 Å². The summed E-state index contributed by atoms with van der Waals surface area (Å²) >= 11 is 0. The molecule has 0 spiro atoms. The standard InChI is InChI=1S/C21H23N5O2/c22-19(27)17-7-4-12-26(14-17)18-10-8-15(9-11-18)13-23-21-24-20(25-28-21)16-5-2-1-3-6-16/h1-3,5-6,8-11,17H,4,7,12-14H2,(H2,22,27)(H,23,24,25)/t17-/m0/s1. The first-order valence-corrected chi connectivity index (χ1v) is 9.45. The lowest BCUT2D eigenvalue weighted by Gasteiger charge is -2.33. The molecule has 1 aromatic heterocycles. The van der Waals surface area contributed by atoms with E-state index in [-0.39, 0.29) is 11.8 Å². The minimum atomic E-state index is -0.208. The van der Waals surface area contributed by atoms with Crippen LogP contribution in [0.2, 0.25) is 0 Å². The number of nitrogens with two attached hydrogens (primary N) is 1. The van der Waals surface area contributed by atoms with E-state index >= 15 is 0 Å². The number of nitrogens with zero attached hydrogens (tertiary/aromatic N) is 3. The number of hydrogen-bond donors (Lipinski definition) is 2. The highest BCUT2D eigenvalue weighted by atomic mass is 16.5. The summed E-state index contributed by atoms with van der Waals surface area (Å²) < 4.78 is 5.27. The molecule has 0 bridgehead atoms. The molecule has 0 unspecified atom stereocenters. The number of carbonyl (C=O) groups excluding carboxylic acids is 1. The van der Waals surface area contributed by atoms with Crippen LogP contribution >= 0.6 is 0 Å². The zero-order chi connectivity index (χ0) is 19.3. The highest BCUT2D eigenvalue weighted by Gasteiger charge is 2.24.